The van der Waals surface area contributed by atoms with Gasteiger partial charge in [0.15, 0.2) is 11.5 Å². The molecule has 0 amide bonds. The molecule has 1 aromatic carbocycles. The van der Waals surface area contributed by atoms with E-state index in [1.54, 1.807) is 0 Å². The van der Waals surface area contributed by atoms with E-state index in [0.717, 1.165) is 35.6 Å². The van der Waals surface area contributed by atoms with Crippen molar-refractivity contribution in [2.75, 3.05) is 25.1 Å². The topological polar surface area (TPSA) is 54.3 Å². The number of benzene rings is 1. The van der Waals surface area contributed by atoms with Gasteiger partial charge in [-0.15, -0.1) is 0 Å². The largest absolute Gasteiger partial charge is 0.486 e. The zero-order valence-corrected chi connectivity index (χ0v) is 10.5. The van der Waals surface area contributed by atoms with Gasteiger partial charge in [-0.05, 0) is 31.4 Å². The molecule has 0 radical (unpaired) electrons. The molecule has 2 aliphatic rings. The fraction of sp³-hybridized carbons (Fsp3) is 0.500. The second-order valence-electron chi connectivity index (χ2n) is 5.06. The van der Waals surface area contributed by atoms with Crippen LogP contribution < -0.4 is 14.8 Å². The van der Waals surface area contributed by atoms with Crippen molar-refractivity contribution in [3.63, 3.8) is 0 Å². The van der Waals surface area contributed by atoms with E-state index in [-0.39, 0.29) is 5.41 Å². The summed E-state index contributed by atoms with van der Waals surface area (Å²) in [6, 6.07) is 6.34. The van der Waals surface area contributed by atoms with E-state index in [0.29, 0.717) is 19.8 Å². The first-order valence-electron chi connectivity index (χ1n) is 6.28. The van der Waals surface area contributed by atoms with Crippen LogP contribution in [0.3, 0.4) is 0 Å². The Morgan fingerprint density at radius 3 is 2.56 bits per heavy atom. The Morgan fingerprint density at radius 1 is 1.28 bits per heavy atom. The normalized spacial score (nSPS) is 18.9. The minimum absolute atomic E-state index is 0.139. The average molecular weight is 244 g/mol. The lowest BCUT2D eigenvalue weighted by Gasteiger charge is -2.21. The summed E-state index contributed by atoms with van der Waals surface area (Å²) < 4.78 is 11.1. The number of hydrogen-bond acceptors (Lipinski definition) is 4. The van der Waals surface area contributed by atoms with Crippen LogP contribution in [0.4, 0.5) is 5.69 Å². The molecule has 1 aliphatic carbocycles. The van der Waals surface area contributed by atoms with Crippen LogP contribution in [0.2, 0.25) is 0 Å². The summed E-state index contributed by atoms with van der Waals surface area (Å²) in [5.41, 5.74) is 2.01. The highest BCUT2D eigenvalue weighted by atomic mass is 16.6. The predicted molar refractivity (Wildman–Crippen MR) is 67.9 cm³/mol. The highest BCUT2D eigenvalue weighted by Crippen LogP contribution is 2.45. The van der Waals surface area contributed by atoms with Crippen LogP contribution in [0.15, 0.2) is 12.1 Å². The van der Waals surface area contributed by atoms with E-state index >= 15 is 0 Å². The van der Waals surface area contributed by atoms with Crippen molar-refractivity contribution in [2.24, 2.45) is 5.41 Å². The summed E-state index contributed by atoms with van der Waals surface area (Å²) in [5.74, 6) is 1.60. The van der Waals surface area contributed by atoms with Gasteiger partial charge in [0, 0.05) is 18.3 Å². The number of anilines is 1. The quantitative estimate of drug-likeness (QED) is 0.887. The lowest BCUT2D eigenvalue weighted by Crippen LogP contribution is -2.17. The molecule has 1 fully saturated rings. The third-order valence-electron chi connectivity index (χ3n) is 3.60. The van der Waals surface area contributed by atoms with Crippen LogP contribution in [-0.4, -0.2) is 19.8 Å². The highest BCUT2D eigenvalue weighted by Gasteiger charge is 2.42. The van der Waals surface area contributed by atoms with Crippen molar-refractivity contribution < 1.29 is 9.47 Å². The summed E-state index contributed by atoms with van der Waals surface area (Å²) in [5, 5.41) is 12.4. The zero-order chi connectivity index (χ0) is 12.6. The molecule has 0 unspecified atom stereocenters. The summed E-state index contributed by atoms with van der Waals surface area (Å²) in [7, 11) is 0. The minimum atomic E-state index is -0.139. The van der Waals surface area contributed by atoms with Gasteiger partial charge in [-0.25, -0.2) is 0 Å². The first-order valence-corrected chi connectivity index (χ1v) is 6.28. The fourth-order valence-corrected chi connectivity index (χ4v) is 2.12. The fourth-order valence-electron chi connectivity index (χ4n) is 2.12. The standard InChI is InChI=1S/C14H16N2O2/c1-10-6-12-13(18-5-4-17-12)7-11(10)16-9-14(8-15)2-3-14/h6-7,16H,2-5,9H2,1H3. The molecule has 1 N–H and O–H groups in total. The van der Waals surface area contributed by atoms with E-state index in [2.05, 4.69) is 11.4 Å². The van der Waals surface area contributed by atoms with Crippen LogP contribution in [-0.2, 0) is 0 Å². The van der Waals surface area contributed by atoms with Crippen LogP contribution in [0.1, 0.15) is 18.4 Å². The molecule has 1 saturated carbocycles. The predicted octanol–water partition coefficient (Wildman–Crippen LogP) is 2.48. The summed E-state index contributed by atoms with van der Waals surface area (Å²) >= 11 is 0. The van der Waals surface area contributed by atoms with Crippen molar-refractivity contribution in [3.05, 3.63) is 17.7 Å². The van der Waals surface area contributed by atoms with Crippen molar-refractivity contribution in [1.82, 2.24) is 0 Å². The van der Waals surface area contributed by atoms with Gasteiger partial charge in [0.2, 0.25) is 0 Å². The molecule has 0 atom stereocenters. The number of nitriles is 1. The lowest BCUT2D eigenvalue weighted by atomic mass is 10.1. The molecule has 18 heavy (non-hydrogen) atoms. The highest BCUT2D eigenvalue weighted by molar-refractivity contribution is 5.60. The number of nitrogens with one attached hydrogen (secondary N) is 1. The minimum Gasteiger partial charge on any atom is -0.486 e. The molecule has 3 rings (SSSR count). The van der Waals surface area contributed by atoms with Gasteiger partial charge in [0.1, 0.15) is 13.2 Å². The van der Waals surface area contributed by atoms with Crippen molar-refractivity contribution in [1.29, 1.82) is 5.26 Å². The van der Waals surface area contributed by atoms with Crippen molar-refractivity contribution >= 4 is 5.69 Å². The molecular weight excluding hydrogens is 228 g/mol. The molecule has 4 nitrogen and oxygen atoms in total. The Balaban J connectivity index is 1.78. The Hall–Kier alpha value is -1.89. The van der Waals surface area contributed by atoms with Crippen LogP contribution in [0.25, 0.3) is 0 Å². The molecule has 94 valence electrons. The first-order chi connectivity index (χ1) is 8.72. The number of nitrogens with zero attached hydrogens (tertiary/aromatic N) is 1. The zero-order valence-electron chi connectivity index (χ0n) is 10.5. The van der Waals surface area contributed by atoms with Crippen LogP contribution in [0.5, 0.6) is 11.5 Å². The molecular formula is C14H16N2O2. The summed E-state index contributed by atoms with van der Waals surface area (Å²) in [4.78, 5) is 0. The number of fused-ring (bicyclic) bond motifs is 1. The molecule has 1 heterocycles. The second-order valence-corrected chi connectivity index (χ2v) is 5.06. The van der Waals surface area contributed by atoms with Gasteiger partial charge < -0.3 is 14.8 Å². The third kappa shape index (κ3) is 1.97. The summed E-state index contributed by atoms with van der Waals surface area (Å²) in [6.45, 7) is 3.95. The van der Waals surface area contributed by atoms with Gasteiger partial charge in [0.05, 0.1) is 11.5 Å². The molecule has 0 aromatic heterocycles. The molecule has 0 bridgehead atoms. The SMILES string of the molecule is Cc1cc2c(cc1NCC1(C#N)CC1)OCCO2. The van der Waals surface area contributed by atoms with Crippen LogP contribution >= 0.6 is 0 Å². The van der Waals surface area contributed by atoms with Gasteiger partial charge in [-0.1, -0.05) is 0 Å². The van der Waals surface area contributed by atoms with Crippen molar-refractivity contribution in [3.8, 4) is 17.6 Å². The Labute approximate surface area is 107 Å². The van der Waals surface area contributed by atoms with E-state index in [9.17, 15) is 0 Å². The number of ether oxygens (including phenoxy) is 2. The van der Waals surface area contributed by atoms with Crippen molar-refractivity contribution in [2.45, 2.75) is 19.8 Å². The number of rotatable bonds is 3. The molecule has 1 aromatic rings. The Morgan fingerprint density at radius 2 is 1.94 bits per heavy atom. The maximum Gasteiger partial charge on any atom is 0.163 e. The molecule has 4 heteroatoms. The maximum absolute atomic E-state index is 9.06. The maximum atomic E-state index is 9.06. The van der Waals surface area contributed by atoms with E-state index in [1.165, 1.54) is 0 Å². The second kappa shape index (κ2) is 4.09. The van der Waals surface area contributed by atoms with Crippen LogP contribution in [0, 0.1) is 23.7 Å². The van der Waals surface area contributed by atoms with E-state index < -0.39 is 0 Å². The lowest BCUT2D eigenvalue weighted by molar-refractivity contribution is 0.171. The summed E-state index contributed by atoms with van der Waals surface area (Å²) in [6.07, 6.45) is 2.00. The number of hydrogen-bond donors (Lipinski definition) is 1. The van der Waals surface area contributed by atoms with E-state index in [4.69, 9.17) is 14.7 Å². The number of aryl methyl sites for hydroxylation is 1. The smallest absolute Gasteiger partial charge is 0.163 e. The molecule has 0 saturated heterocycles. The van der Waals surface area contributed by atoms with Gasteiger partial charge in [0.25, 0.3) is 0 Å². The van der Waals surface area contributed by atoms with E-state index in [1.807, 2.05) is 19.1 Å². The van der Waals surface area contributed by atoms with Gasteiger partial charge in [-0.2, -0.15) is 5.26 Å². The van der Waals surface area contributed by atoms with Gasteiger partial charge in [-0.3, -0.25) is 0 Å². The Bertz CT molecular complexity index is 515. The average Bonchev–Trinajstić information content (AvgIpc) is 3.17. The monoisotopic (exact) mass is 244 g/mol. The first kappa shape index (κ1) is 11.2. The van der Waals surface area contributed by atoms with Gasteiger partial charge >= 0.3 is 0 Å². The molecule has 1 aliphatic heterocycles. The Kier molecular flexibility index (Phi) is 2.55. The molecule has 0 spiro atoms. The third-order valence-corrected chi connectivity index (χ3v) is 3.60.